The van der Waals surface area contributed by atoms with Crippen LogP contribution in [0.2, 0.25) is 0 Å². The number of phosphoric acid groups is 1. The molecule has 2 N–H and O–H groups in total. The Morgan fingerprint density at radius 1 is 1.28 bits per heavy atom. The second-order valence-electron chi connectivity index (χ2n) is 6.39. The average molecular weight is 459 g/mol. The lowest BCUT2D eigenvalue weighted by Crippen LogP contribution is -2.56. The molecule has 0 bridgehead atoms. The van der Waals surface area contributed by atoms with Crippen LogP contribution in [-0.2, 0) is 31.1 Å². The van der Waals surface area contributed by atoms with Crippen LogP contribution in [0.1, 0.15) is 18.4 Å². The fourth-order valence-corrected chi connectivity index (χ4v) is 5.43. The van der Waals surface area contributed by atoms with E-state index in [2.05, 4.69) is 14.6 Å². The molecule has 1 saturated carbocycles. The van der Waals surface area contributed by atoms with Crippen molar-refractivity contribution < 1.29 is 44.9 Å². The Bertz CT molecular complexity index is 1060. The summed E-state index contributed by atoms with van der Waals surface area (Å²) in [7, 11) is -11.2. The van der Waals surface area contributed by atoms with Crippen molar-refractivity contribution in [2.45, 2.75) is 35.5 Å². The molecule has 160 valence electrons. The average Bonchev–Trinajstić information content (AvgIpc) is 3.32. The Morgan fingerprint density at radius 3 is 2.41 bits per heavy atom. The molecule has 9 nitrogen and oxygen atoms in total. The minimum atomic E-state index is -5.84. The van der Waals surface area contributed by atoms with Crippen LogP contribution in [0.4, 0.5) is 17.6 Å². The summed E-state index contributed by atoms with van der Waals surface area (Å²) in [6.45, 7) is -1.35. The second-order valence-corrected chi connectivity index (χ2v) is 9.82. The maximum atomic E-state index is 15.5. The minimum Gasteiger partial charge on any atom is -0.303 e. The number of hydrogen-bond donors (Lipinski definition) is 2. The van der Waals surface area contributed by atoms with Gasteiger partial charge in [-0.1, -0.05) is 0 Å². The lowest BCUT2D eigenvalue weighted by atomic mass is 9.93. The summed E-state index contributed by atoms with van der Waals surface area (Å²) in [5.74, 6) is -2.88. The van der Waals surface area contributed by atoms with Crippen LogP contribution in [0.25, 0.3) is 0 Å². The van der Waals surface area contributed by atoms with Gasteiger partial charge in [-0.25, -0.2) is 31.4 Å². The van der Waals surface area contributed by atoms with Crippen LogP contribution < -0.4 is 0 Å². The molecule has 0 radical (unpaired) electrons. The predicted molar refractivity (Wildman–Crippen MR) is 88.1 cm³/mol. The van der Waals surface area contributed by atoms with Crippen LogP contribution >= 0.6 is 7.82 Å². The molecule has 1 unspecified atom stereocenters. The number of rotatable bonds is 8. The SMILES string of the molecule is O=P(O)(O)OC(Cn1cncn1)(c1ccc(F)cc1F)C(F)(F)S(=O)(=O)C1CC1. The summed E-state index contributed by atoms with van der Waals surface area (Å²) < 4.78 is 100. The van der Waals surface area contributed by atoms with E-state index in [9.17, 15) is 31.6 Å². The molecule has 1 atom stereocenters. The second kappa shape index (κ2) is 7.13. The van der Waals surface area contributed by atoms with Crippen molar-refractivity contribution in [3.05, 3.63) is 48.1 Å². The summed E-state index contributed by atoms with van der Waals surface area (Å²) in [6, 6.07) is 1.12. The van der Waals surface area contributed by atoms with Crippen LogP contribution in [0.15, 0.2) is 30.9 Å². The standard InChI is InChI=1S/C14H14F4N3O6PS/c15-9-1-4-11(12(16)5-9)13(27-28(22,23)24,6-21-8-19-7-20-21)14(17,18)29(25,26)10-2-3-10/h1,4-5,7-8,10H,2-3,6H2,(H2,22,23,24). The first-order valence-corrected chi connectivity index (χ1v) is 11.0. The Labute approximate surface area is 161 Å². The van der Waals surface area contributed by atoms with E-state index in [4.69, 9.17) is 0 Å². The highest BCUT2D eigenvalue weighted by molar-refractivity contribution is 7.93. The number of phosphoric ester groups is 1. The van der Waals surface area contributed by atoms with E-state index < -0.39 is 57.5 Å². The summed E-state index contributed by atoms with van der Waals surface area (Å²) >= 11 is 0. The van der Waals surface area contributed by atoms with Gasteiger partial charge in [0.1, 0.15) is 24.3 Å². The van der Waals surface area contributed by atoms with Gasteiger partial charge < -0.3 is 9.79 Å². The van der Waals surface area contributed by atoms with Crippen molar-refractivity contribution in [1.82, 2.24) is 14.8 Å². The molecule has 3 rings (SSSR count). The van der Waals surface area contributed by atoms with Crippen molar-refractivity contribution in [3.8, 4) is 0 Å². The smallest absolute Gasteiger partial charge is 0.303 e. The molecular weight excluding hydrogens is 445 g/mol. The van der Waals surface area contributed by atoms with Gasteiger partial charge in [-0.15, -0.1) is 0 Å². The van der Waals surface area contributed by atoms with Gasteiger partial charge in [0, 0.05) is 11.6 Å². The van der Waals surface area contributed by atoms with Crippen molar-refractivity contribution in [2.24, 2.45) is 0 Å². The number of hydrogen-bond acceptors (Lipinski definition) is 6. The first-order valence-electron chi connectivity index (χ1n) is 7.96. The predicted octanol–water partition coefficient (Wildman–Crippen LogP) is 1.73. The van der Waals surface area contributed by atoms with Crippen molar-refractivity contribution in [2.75, 3.05) is 0 Å². The molecule has 1 aliphatic carbocycles. The number of alkyl halides is 2. The van der Waals surface area contributed by atoms with Crippen LogP contribution in [0, 0.1) is 11.6 Å². The highest BCUT2D eigenvalue weighted by atomic mass is 32.2. The molecule has 1 aromatic heterocycles. The van der Waals surface area contributed by atoms with E-state index >= 15 is 8.78 Å². The quantitative estimate of drug-likeness (QED) is 0.451. The first-order chi connectivity index (χ1) is 13.3. The Balaban J connectivity index is 2.33. The Hall–Kier alpha value is -1.86. The van der Waals surface area contributed by atoms with E-state index in [0.29, 0.717) is 16.8 Å². The van der Waals surface area contributed by atoms with Crippen LogP contribution in [-0.4, -0.2) is 43.5 Å². The number of sulfone groups is 1. The van der Waals surface area contributed by atoms with Gasteiger partial charge in [-0.3, -0.25) is 4.52 Å². The lowest BCUT2D eigenvalue weighted by Gasteiger charge is -2.39. The van der Waals surface area contributed by atoms with Gasteiger partial charge >= 0.3 is 13.1 Å². The van der Waals surface area contributed by atoms with Crippen molar-refractivity contribution in [3.63, 3.8) is 0 Å². The number of halogens is 4. The van der Waals surface area contributed by atoms with Gasteiger partial charge in [0.2, 0.25) is 15.4 Å². The third-order valence-electron chi connectivity index (χ3n) is 4.28. The molecule has 29 heavy (non-hydrogen) atoms. The monoisotopic (exact) mass is 459 g/mol. The molecule has 0 amide bonds. The fourth-order valence-electron chi connectivity index (χ4n) is 2.85. The van der Waals surface area contributed by atoms with E-state index in [1.165, 1.54) is 0 Å². The molecule has 1 aromatic carbocycles. The van der Waals surface area contributed by atoms with Crippen LogP contribution in [0.3, 0.4) is 0 Å². The highest BCUT2D eigenvalue weighted by Gasteiger charge is 2.70. The maximum absolute atomic E-state index is 15.5. The normalized spacial score (nSPS) is 17.9. The van der Waals surface area contributed by atoms with Crippen LogP contribution in [0.5, 0.6) is 0 Å². The molecule has 0 aliphatic heterocycles. The van der Waals surface area contributed by atoms with Crippen molar-refractivity contribution >= 4 is 17.7 Å². The number of nitrogens with zero attached hydrogens (tertiary/aromatic N) is 3. The lowest BCUT2D eigenvalue weighted by molar-refractivity contribution is -0.137. The Kier molecular flexibility index (Phi) is 5.37. The van der Waals surface area contributed by atoms with Crippen molar-refractivity contribution in [1.29, 1.82) is 0 Å². The van der Waals surface area contributed by atoms with E-state index in [0.717, 1.165) is 12.7 Å². The Morgan fingerprint density at radius 2 is 1.93 bits per heavy atom. The zero-order valence-corrected chi connectivity index (χ0v) is 16.0. The number of benzene rings is 1. The maximum Gasteiger partial charge on any atom is 0.470 e. The van der Waals surface area contributed by atoms with Gasteiger partial charge in [0.15, 0.2) is 0 Å². The van der Waals surface area contributed by atoms with E-state index in [1.54, 1.807) is 0 Å². The van der Waals surface area contributed by atoms with Gasteiger partial charge in [0.05, 0.1) is 11.8 Å². The third-order valence-corrected chi connectivity index (χ3v) is 7.23. The molecule has 2 aromatic rings. The molecule has 0 saturated heterocycles. The summed E-state index contributed by atoms with van der Waals surface area (Å²) in [5.41, 5.74) is -5.05. The third kappa shape index (κ3) is 3.94. The molecule has 1 heterocycles. The number of aromatic nitrogens is 3. The van der Waals surface area contributed by atoms with E-state index in [1.807, 2.05) is 0 Å². The molecule has 1 fully saturated rings. The van der Waals surface area contributed by atoms with Gasteiger partial charge in [-0.05, 0) is 25.0 Å². The van der Waals surface area contributed by atoms with E-state index in [-0.39, 0.29) is 18.9 Å². The molecular formula is C14H14F4N3O6PS. The zero-order valence-electron chi connectivity index (χ0n) is 14.3. The molecule has 1 aliphatic rings. The fraction of sp³-hybridized carbons (Fsp3) is 0.429. The topological polar surface area (TPSA) is 132 Å². The summed E-state index contributed by atoms with van der Waals surface area (Å²) in [5, 5.41) is -3.03. The molecule has 15 heteroatoms. The minimum absolute atomic E-state index is 0.112. The van der Waals surface area contributed by atoms with Gasteiger partial charge in [-0.2, -0.15) is 13.9 Å². The molecule has 0 spiro atoms. The zero-order chi connectivity index (χ0) is 21.7. The largest absolute Gasteiger partial charge is 0.470 e. The van der Waals surface area contributed by atoms with Gasteiger partial charge in [0.25, 0.3) is 0 Å². The summed E-state index contributed by atoms with van der Waals surface area (Å²) in [6.07, 6.45) is 1.48. The highest BCUT2D eigenvalue weighted by Crippen LogP contribution is 2.57. The first kappa shape index (κ1) is 21.8. The summed E-state index contributed by atoms with van der Waals surface area (Å²) in [4.78, 5) is 22.1.